The van der Waals surface area contributed by atoms with E-state index in [-0.39, 0.29) is 35.9 Å². The van der Waals surface area contributed by atoms with Crippen LogP contribution in [-0.4, -0.2) is 73.8 Å². The maximum Gasteiger partial charge on any atom is 0.410 e. The van der Waals surface area contributed by atoms with Crippen LogP contribution in [0.4, 0.5) is 4.79 Å². The molecule has 1 aromatic carbocycles. The number of nitrogens with zero attached hydrogens (tertiary/aromatic N) is 4. The Balaban J connectivity index is 1.27. The summed E-state index contributed by atoms with van der Waals surface area (Å²) in [4.78, 5) is 48.1. The molecule has 1 N–H and O–H groups in total. The van der Waals surface area contributed by atoms with Gasteiger partial charge in [-0.3, -0.25) is 14.2 Å². The Morgan fingerprint density at radius 1 is 1.10 bits per heavy atom. The highest BCUT2D eigenvalue weighted by molar-refractivity contribution is 7.16. The van der Waals surface area contributed by atoms with Crippen molar-refractivity contribution in [3.05, 3.63) is 64.0 Å². The summed E-state index contributed by atoms with van der Waals surface area (Å²) in [5.41, 5.74) is -0.818. The van der Waals surface area contributed by atoms with E-state index in [2.05, 4.69) is 4.98 Å². The Morgan fingerprint density at radius 3 is 2.51 bits per heavy atom. The average Bonchev–Trinajstić information content (AvgIpc) is 3.39. The van der Waals surface area contributed by atoms with Gasteiger partial charge >= 0.3 is 6.09 Å². The summed E-state index contributed by atoms with van der Waals surface area (Å²) in [6.45, 7) is 7.37. The third-order valence-electron chi connectivity index (χ3n) is 7.73. The topological polar surface area (TPSA) is 105 Å². The van der Waals surface area contributed by atoms with E-state index in [1.165, 1.54) is 22.2 Å². The highest BCUT2D eigenvalue weighted by Gasteiger charge is 2.42. The highest BCUT2D eigenvalue weighted by atomic mass is 32.1. The molecule has 0 aliphatic carbocycles. The maximum atomic E-state index is 13.8. The van der Waals surface area contributed by atoms with Gasteiger partial charge in [0.1, 0.15) is 10.4 Å². The molecule has 2 fully saturated rings. The van der Waals surface area contributed by atoms with Crippen molar-refractivity contribution in [1.82, 2.24) is 19.4 Å². The SMILES string of the molecule is CC(C)(C)OC(=O)N1CC[C@H](C(=O)N2CCC(O)(Cn3cnc4sccc4c3=O)CC2)[C@@H](c2ccccc2)C1. The van der Waals surface area contributed by atoms with Crippen molar-refractivity contribution in [2.24, 2.45) is 5.92 Å². The smallest absolute Gasteiger partial charge is 0.410 e. The lowest BCUT2D eigenvalue weighted by atomic mass is 9.79. The third kappa shape index (κ3) is 6.01. The molecule has 0 bridgehead atoms. The molecule has 5 rings (SSSR count). The molecule has 0 unspecified atom stereocenters. The molecule has 0 spiro atoms. The van der Waals surface area contributed by atoms with Crippen molar-refractivity contribution in [2.45, 2.75) is 63.7 Å². The second-order valence-corrected chi connectivity index (χ2v) is 12.6. The van der Waals surface area contributed by atoms with E-state index in [1.807, 2.05) is 61.4 Å². The molecule has 39 heavy (non-hydrogen) atoms. The zero-order chi connectivity index (χ0) is 27.8. The lowest BCUT2D eigenvalue weighted by molar-refractivity contribution is -0.142. The number of thiophene rings is 1. The number of ether oxygens (including phenoxy) is 1. The van der Waals surface area contributed by atoms with Crippen LogP contribution < -0.4 is 5.56 Å². The van der Waals surface area contributed by atoms with Crippen molar-refractivity contribution < 1.29 is 19.4 Å². The molecular formula is C29H36N4O5S. The molecule has 0 radical (unpaired) electrons. The first kappa shape index (κ1) is 27.3. The van der Waals surface area contributed by atoms with Gasteiger partial charge in [-0.25, -0.2) is 9.78 Å². The zero-order valence-electron chi connectivity index (χ0n) is 22.7. The Hall–Kier alpha value is -3.24. The molecule has 10 heteroatoms. The van der Waals surface area contributed by atoms with E-state index in [0.717, 1.165) is 5.56 Å². The summed E-state index contributed by atoms with van der Waals surface area (Å²) in [5, 5.41) is 13.7. The molecule has 2 atom stereocenters. The van der Waals surface area contributed by atoms with Gasteiger partial charge in [-0.05, 0) is 57.0 Å². The minimum atomic E-state index is -1.09. The largest absolute Gasteiger partial charge is 0.444 e. The number of carbonyl (C=O) groups is 2. The van der Waals surface area contributed by atoms with Gasteiger partial charge in [-0.1, -0.05) is 30.3 Å². The molecular weight excluding hydrogens is 516 g/mol. The number of amides is 2. The van der Waals surface area contributed by atoms with Crippen LogP contribution in [0.1, 0.15) is 51.5 Å². The molecule has 2 aromatic heterocycles. The van der Waals surface area contributed by atoms with E-state index in [0.29, 0.717) is 55.7 Å². The van der Waals surface area contributed by atoms with Crippen molar-refractivity contribution in [3.8, 4) is 0 Å². The van der Waals surface area contributed by atoms with Gasteiger partial charge in [0.2, 0.25) is 5.91 Å². The minimum absolute atomic E-state index is 0.0493. The maximum absolute atomic E-state index is 13.8. The molecule has 3 aromatic rings. The first-order valence-corrected chi connectivity index (χ1v) is 14.4. The Bertz CT molecular complexity index is 1390. The van der Waals surface area contributed by atoms with Crippen molar-refractivity contribution >= 4 is 33.6 Å². The summed E-state index contributed by atoms with van der Waals surface area (Å²) in [7, 11) is 0. The average molecular weight is 553 g/mol. The Morgan fingerprint density at radius 2 is 1.82 bits per heavy atom. The number of hydrogen-bond donors (Lipinski definition) is 1. The number of aromatic nitrogens is 2. The fraction of sp³-hybridized carbons (Fsp3) is 0.517. The number of rotatable bonds is 4. The highest BCUT2D eigenvalue weighted by Crippen LogP contribution is 2.36. The van der Waals surface area contributed by atoms with Crippen LogP contribution in [0.3, 0.4) is 0 Å². The van der Waals surface area contributed by atoms with Crippen molar-refractivity contribution in [2.75, 3.05) is 26.2 Å². The fourth-order valence-electron chi connectivity index (χ4n) is 5.64. The van der Waals surface area contributed by atoms with Gasteiger partial charge in [-0.2, -0.15) is 0 Å². The van der Waals surface area contributed by atoms with Gasteiger partial charge < -0.3 is 19.6 Å². The van der Waals surface area contributed by atoms with Gasteiger partial charge in [0.25, 0.3) is 5.56 Å². The van der Waals surface area contributed by atoms with E-state index in [1.54, 1.807) is 11.0 Å². The second kappa shape index (κ2) is 10.7. The van der Waals surface area contributed by atoms with Crippen LogP contribution in [0.15, 0.2) is 52.9 Å². The molecule has 0 saturated carbocycles. The lowest BCUT2D eigenvalue weighted by Crippen LogP contribution is -2.53. The van der Waals surface area contributed by atoms with Crippen LogP contribution in [0.25, 0.3) is 10.2 Å². The molecule has 4 heterocycles. The summed E-state index contributed by atoms with van der Waals surface area (Å²) in [6, 6.07) is 11.6. The summed E-state index contributed by atoms with van der Waals surface area (Å²) < 4.78 is 7.08. The van der Waals surface area contributed by atoms with Gasteiger partial charge in [-0.15, -0.1) is 11.3 Å². The van der Waals surface area contributed by atoms with Crippen LogP contribution in [-0.2, 0) is 16.1 Å². The van der Waals surface area contributed by atoms with Crippen LogP contribution in [0, 0.1) is 5.92 Å². The normalized spacial score (nSPS) is 21.6. The molecule has 9 nitrogen and oxygen atoms in total. The van der Waals surface area contributed by atoms with Crippen LogP contribution in [0.2, 0.25) is 0 Å². The van der Waals surface area contributed by atoms with Crippen molar-refractivity contribution in [3.63, 3.8) is 0 Å². The van der Waals surface area contributed by atoms with E-state index in [4.69, 9.17) is 4.74 Å². The Labute approximate surface area is 232 Å². The second-order valence-electron chi connectivity index (χ2n) is 11.7. The van der Waals surface area contributed by atoms with Gasteiger partial charge in [0.05, 0.1) is 23.9 Å². The predicted octanol–water partition coefficient (Wildman–Crippen LogP) is 3.85. The predicted molar refractivity (Wildman–Crippen MR) is 150 cm³/mol. The van der Waals surface area contributed by atoms with Crippen molar-refractivity contribution in [1.29, 1.82) is 0 Å². The number of benzene rings is 1. The number of likely N-dealkylation sites (tertiary alicyclic amines) is 2. The van der Waals surface area contributed by atoms with E-state index >= 15 is 0 Å². The zero-order valence-corrected chi connectivity index (χ0v) is 23.5. The number of fused-ring (bicyclic) bond motifs is 1. The first-order valence-electron chi connectivity index (χ1n) is 13.5. The van der Waals surface area contributed by atoms with Gasteiger partial charge in [0, 0.05) is 38.0 Å². The quantitative estimate of drug-likeness (QED) is 0.527. The number of piperidine rings is 2. The van der Waals surface area contributed by atoms with Gasteiger partial charge in [0.15, 0.2) is 0 Å². The molecule has 2 aliphatic rings. The molecule has 208 valence electrons. The minimum Gasteiger partial charge on any atom is -0.444 e. The molecule has 2 aliphatic heterocycles. The number of hydrogen-bond acceptors (Lipinski definition) is 7. The van der Waals surface area contributed by atoms with E-state index < -0.39 is 11.2 Å². The Kier molecular flexibility index (Phi) is 7.52. The van der Waals surface area contributed by atoms with E-state index in [9.17, 15) is 19.5 Å². The molecule has 2 saturated heterocycles. The summed E-state index contributed by atoms with van der Waals surface area (Å²) in [5.74, 6) is -0.374. The first-order chi connectivity index (χ1) is 18.5. The van der Waals surface area contributed by atoms with Crippen LogP contribution in [0.5, 0.6) is 0 Å². The summed E-state index contributed by atoms with van der Waals surface area (Å²) in [6.07, 6.45) is 2.43. The standard InChI is InChI=1S/C29H36N4O5S/c1-28(2,3)38-27(36)32-13-9-21(23(17-32)20-7-5-4-6-8-20)25(34)31-14-11-29(37,12-15-31)18-33-19-30-24-22(26(33)35)10-16-39-24/h4-8,10,16,19,21,23,37H,9,11-15,17-18H2,1-3H3/t21-,23+/m0/s1. The monoisotopic (exact) mass is 552 g/mol. The van der Waals surface area contributed by atoms with Crippen LogP contribution >= 0.6 is 11.3 Å². The molecule has 2 amide bonds. The third-order valence-corrected chi connectivity index (χ3v) is 8.55. The lowest BCUT2D eigenvalue weighted by Gasteiger charge is -2.43. The number of carbonyl (C=O) groups excluding carboxylic acids is 2. The number of aliphatic hydroxyl groups is 1. The summed E-state index contributed by atoms with van der Waals surface area (Å²) >= 11 is 1.41. The fourth-order valence-corrected chi connectivity index (χ4v) is 6.36.